The third-order valence-electron chi connectivity index (χ3n) is 8.87. The number of hydrogen-bond donors (Lipinski definition) is 0. The van der Waals surface area contributed by atoms with Gasteiger partial charge in [0.25, 0.3) is 0 Å². The fraction of sp³-hybridized carbons (Fsp3) is 0.0455. The van der Waals surface area contributed by atoms with Crippen molar-refractivity contribution in [1.82, 2.24) is 0 Å². The van der Waals surface area contributed by atoms with E-state index < -0.39 is 0 Å². The molecule has 0 aromatic heterocycles. The average molecular weight is 565 g/mol. The predicted molar refractivity (Wildman–Crippen MR) is 197 cm³/mol. The smallest absolute Gasteiger partial charge is 0.0113 e. The Kier molecular flexibility index (Phi) is 7.84. The van der Waals surface area contributed by atoms with E-state index in [0.717, 1.165) is 44.2 Å². The molecule has 0 radical (unpaired) electrons. The maximum absolute atomic E-state index is 4.60. The molecule has 0 heterocycles. The Hall–Kier alpha value is -5.46. The molecular formula is C44H36. The lowest BCUT2D eigenvalue weighted by Crippen LogP contribution is -2.11. The fourth-order valence-corrected chi connectivity index (χ4v) is 6.69. The Morgan fingerprint density at radius 1 is 0.523 bits per heavy atom. The van der Waals surface area contributed by atoms with Crippen LogP contribution in [0.25, 0.3) is 72.3 Å². The molecule has 0 spiro atoms. The van der Waals surface area contributed by atoms with Crippen LogP contribution in [-0.4, -0.2) is 0 Å². The molecular weight excluding hydrogens is 528 g/mol. The second-order valence-corrected chi connectivity index (χ2v) is 11.2. The van der Waals surface area contributed by atoms with Crippen LogP contribution in [0.15, 0.2) is 161 Å². The van der Waals surface area contributed by atoms with Gasteiger partial charge in [0.1, 0.15) is 0 Å². The lowest BCUT2D eigenvalue weighted by atomic mass is 9.77. The largest absolute Gasteiger partial charge is 0.102 e. The van der Waals surface area contributed by atoms with Gasteiger partial charge in [-0.25, -0.2) is 0 Å². The van der Waals surface area contributed by atoms with E-state index in [1.807, 2.05) is 30.4 Å². The minimum Gasteiger partial charge on any atom is -0.102 e. The molecule has 0 saturated heterocycles. The van der Waals surface area contributed by atoms with Crippen molar-refractivity contribution in [3.8, 4) is 22.3 Å². The molecule has 0 bridgehead atoms. The van der Waals surface area contributed by atoms with Crippen LogP contribution in [0.3, 0.4) is 0 Å². The van der Waals surface area contributed by atoms with Crippen LogP contribution in [0.5, 0.6) is 0 Å². The van der Waals surface area contributed by atoms with Crippen molar-refractivity contribution >= 4 is 50.0 Å². The summed E-state index contributed by atoms with van der Waals surface area (Å²) in [6.07, 6.45) is 9.64. The molecule has 6 rings (SSSR count). The van der Waals surface area contributed by atoms with E-state index in [0.29, 0.717) is 0 Å². The SMILES string of the molecule is C=Cc1c(C=C)c(-c2ccc3ccc(-c4cccc5ccccc45)cc3c2)c2ccccc2c1C(=C)C(C=C)C(C=C)C=C. The summed E-state index contributed by atoms with van der Waals surface area (Å²) in [5.74, 6) is -0.0384. The van der Waals surface area contributed by atoms with Gasteiger partial charge < -0.3 is 0 Å². The van der Waals surface area contributed by atoms with Crippen molar-refractivity contribution in [3.05, 3.63) is 178 Å². The summed E-state index contributed by atoms with van der Waals surface area (Å²) in [4.78, 5) is 0. The normalized spacial score (nSPS) is 11.8. The van der Waals surface area contributed by atoms with E-state index in [1.165, 1.54) is 32.7 Å². The maximum Gasteiger partial charge on any atom is 0.0113 e. The Balaban J connectivity index is 1.59. The molecule has 44 heavy (non-hydrogen) atoms. The molecule has 0 nitrogen and oxygen atoms in total. The van der Waals surface area contributed by atoms with E-state index in [2.05, 4.69) is 143 Å². The van der Waals surface area contributed by atoms with Crippen molar-refractivity contribution in [2.45, 2.75) is 0 Å². The minimum atomic E-state index is -0.0521. The van der Waals surface area contributed by atoms with Gasteiger partial charge in [0.05, 0.1) is 0 Å². The molecule has 6 aromatic carbocycles. The molecule has 0 aliphatic heterocycles. The molecule has 6 aromatic rings. The number of fused-ring (bicyclic) bond motifs is 3. The van der Waals surface area contributed by atoms with Crippen LogP contribution in [0.1, 0.15) is 16.7 Å². The third-order valence-corrected chi connectivity index (χ3v) is 8.87. The molecule has 1 unspecified atom stereocenters. The monoisotopic (exact) mass is 564 g/mol. The van der Waals surface area contributed by atoms with Gasteiger partial charge in [-0.15, -0.1) is 19.7 Å². The zero-order chi connectivity index (χ0) is 30.8. The predicted octanol–water partition coefficient (Wildman–Crippen LogP) is 12.6. The van der Waals surface area contributed by atoms with Crippen molar-refractivity contribution < 1.29 is 0 Å². The minimum absolute atomic E-state index is 0.0136. The van der Waals surface area contributed by atoms with Crippen molar-refractivity contribution in [1.29, 1.82) is 0 Å². The third kappa shape index (κ3) is 4.75. The highest BCUT2D eigenvalue weighted by molar-refractivity contribution is 6.10. The summed E-state index contributed by atoms with van der Waals surface area (Å²) in [6, 6.07) is 37.1. The Bertz CT molecular complexity index is 2120. The summed E-state index contributed by atoms with van der Waals surface area (Å²) in [5, 5.41) is 7.15. The van der Waals surface area contributed by atoms with Gasteiger partial charge in [0, 0.05) is 11.8 Å². The fourth-order valence-electron chi connectivity index (χ4n) is 6.69. The second kappa shape index (κ2) is 12.0. The molecule has 0 fully saturated rings. The molecule has 0 heteroatoms. The zero-order valence-corrected chi connectivity index (χ0v) is 25.1. The van der Waals surface area contributed by atoms with Crippen LogP contribution in [0.4, 0.5) is 0 Å². The Labute approximate surface area is 261 Å². The summed E-state index contributed by atoms with van der Waals surface area (Å²) < 4.78 is 0. The Morgan fingerprint density at radius 3 is 1.82 bits per heavy atom. The molecule has 0 saturated carbocycles. The van der Waals surface area contributed by atoms with Gasteiger partial charge >= 0.3 is 0 Å². The van der Waals surface area contributed by atoms with Crippen LogP contribution in [0.2, 0.25) is 0 Å². The summed E-state index contributed by atoms with van der Waals surface area (Å²) >= 11 is 0. The number of rotatable bonds is 10. The topological polar surface area (TPSA) is 0 Å². The van der Waals surface area contributed by atoms with Crippen LogP contribution >= 0.6 is 0 Å². The Morgan fingerprint density at radius 2 is 1.14 bits per heavy atom. The van der Waals surface area contributed by atoms with E-state index >= 15 is 0 Å². The van der Waals surface area contributed by atoms with Gasteiger partial charge in [-0.1, -0.05) is 141 Å². The van der Waals surface area contributed by atoms with E-state index in [-0.39, 0.29) is 11.8 Å². The van der Waals surface area contributed by atoms with Crippen LogP contribution in [-0.2, 0) is 0 Å². The quantitative estimate of drug-likeness (QED) is 0.145. The number of allylic oxidation sites excluding steroid dienone is 4. The van der Waals surface area contributed by atoms with Gasteiger partial charge in [-0.2, -0.15) is 0 Å². The first-order chi connectivity index (χ1) is 21.5. The van der Waals surface area contributed by atoms with E-state index in [4.69, 9.17) is 0 Å². The highest BCUT2D eigenvalue weighted by atomic mass is 14.3. The molecule has 212 valence electrons. The molecule has 1 atom stereocenters. The molecule has 0 N–H and O–H groups in total. The number of benzene rings is 6. The highest BCUT2D eigenvalue weighted by Gasteiger charge is 2.24. The average Bonchev–Trinajstić information content (AvgIpc) is 3.08. The zero-order valence-electron chi connectivity index (χ0n) is 25.1. The summed E-state index contributed by atoms with van der Waals surface area (Å²) in [5.41, 5.74) is 8.79. The van der Waals surface area contributed by atoms with Crippen molar-refractivity contribution in [3.63, 3.8) is 0 Å². The second-order valence-electron chi connectivity index (χ2n) is 11.2. The first-order valence-electron chi connectivity index (χ1n) is 15.0. The standard InChI is InChI=1S/C44H36/c1-7-30(8-2)36(9-3)29(6)43-37(10-4)38(11-5)44(42-21-15-14-20-41(42)43)34-26-24-31-23-25-33(27-35(31)28-34)40-22-16-18-32-17-12-13-19-39(32)40/h7-28,30,36H,1-6H2. The summed E-state index contributed by atoms with van der Waals surface area (Å²) in [7, 11) is 0. The first-order valence-corrected chi connectivity index (χ1v) is 15.0. The van der Waals surface area contributed by atoms with Gasteiger partial charge in [0.2, 0.25) is 0 Å². The van der Waals surface area contributed by atoms with Crippen molar-refractivity contribution in [2.24, 2.45) is 11.8 Å². The van der Waals surface area contributed by atoms with Crippen LogP contribution in [0, 0.1) is 11.8 Å². The van der Waals surface area contributed by atoms with Gasteiger partial charge in [-0.05, 0) is 89.0 Å². The van der Waals surface area contributed by atoms with Gasteiger partial charge in [-0.3, -0.25) is 0 Å². The maximum atomic E-state index is 4.60. The summed E-state index contributed by atoms with van der Waals surface area (Å²) in [6.45, 7) is 25.4. The van der Waals surface area contributed by atoms with Crippen molar-refractivity contribution in [2.75, 3.05) is 0 Å². The molecule has 0 aliphatic rings. The lowest BCUT2D eigenvalue weighted by Gasteiger charge is -2.26. The molecule has 0 amide bonds. The first kappa shape index (κ1) is 28.6. The highest BCUT2D eigenvalue weighted by Crippen LogP contribution is 2.44. The number of hydrogen-bond acceptors (Lipinski definition) is 0. The van der Waals surface area contributed by atoms with E-state index in [1.54, 1.807) is 0 Å². The van der Waals surface area contributed by atoms with Crippen LogP contribution < -0.4 is 0 Å². The van der Waals surface area contributed by atoms with E-state index in [9.17, 15) is 0 Å². The van der Waals surface area contributed by atoms with Gasteiger partial charge in [0.15, 0.2) is 0 Å². The molecule has 0 aliphatic carbocycles. The lowest BCUT2D eigenvalue weighted by molar-refractivity contribution is 0.698.